The molecule has 0 heterocycles. The van der Waals surface area contributed by atoms with E-state index in [1.807, 2.05) is 0 Å². The third-order valence-electron chi connectivity index (χ3n) is 0.333. The number of rotatable bonds is 0. The smallest absolute Gasteiger partial charge is 0 e. The molecule has 0 saturated heterocycles. The topological polar surface area (TPSA) is 59.7 Å². The molecule has 0 amide bonds. The molecule has 0 spiro atoms. The van der Waals surface area contributed by atoms with Gasteiger partial charge in [0.05, 0.1) is 2.74 Å². The molecule has 58 valence electrons. The van der Waals surface area contributed by atoms with Crippen LogP contribution in [0.4, 0.5) is 0 Å². The van der Waals surface area contributed by atoms with Crippen molar-refractivity contribution in [2.75, 3.05) is 0 Å². The monoisotopic (exact) mass is 194 g/mol. The van der Waals surface area contributed by atoms with E-state index in [1.165, 1.54) is 0 Å². The van der Waals surface area contributed by atoms with Crippen LogP contribution in [0.15, 0.2) is 24.3 Å². The van der Waals surface area contributed by atoms with E-state index in [0.29, 0.717) is 12.1 Å². The first kappa shape index (κ1) is 12.9. The summed E-state index contributed by atoms with van der Waals surface area (Å²) in [6, 6.07) is 0.685. The average Bonchev–Trinajstić information content (AvgIpc) is 2.24. The zero-order valence-electron chi connectivity index (χ0n) is 7.23. The van der Waals surface area contributed by atoms with Crippen molar-refractivity contribution in [2.45, 2.75) is 0 Å². The maximum Gasteiger partial charge on any atom is 0 e. The van der Waals surface area contributed by atoms with Crippen LogP contribution in [0.1, 0.15) is 2.74 Å². The zero-order valence-corrected chi connectivity index (χ0v) is 6.34. The number of hydrogen-bond donors (Lipinski definition) is 0. The Bertz CT molecular complexity index is 199. The van der Waals surface area contributed by atoms with E-state index in [-0.39, 0.29) is 17.1 Å². The Morgan fingerprint density at radius 3 is 1.00 bits per heavy atom. The quantitative estimate of drug-likeness (QED) is 0.313. The molecule has 0 aromatic carbocycles. The molecule has 1 aliphatic carbocycles. The fraction of sp³-hybridized carbons (Fsp3) is 0. The Hall–Kier alpha value is -0.781. The van der Waals surface area contributed by atoms with Crippen molar-refractivity contribution in [1.29, 1.82) is 0 Å². The summed E-state index contributed by atoms with van der Waals surface area (Å²) >= 11 is 0. The Morgan fingerprint density at radius 2 is 1.00 bits per heavy atom. The van der Waals surface area contributed by atoms with Gasteiger partial charge in [0.1, 0.15) is 0 Å². The first-order valence-corrected chi connectivity index (χ1v) is 1.77. The van der Waals surface area contributed by atoms with Gasteiger partial charge < -0.3 is 0 Å². The molecule has 0 aliphatic heterocycles. The summed E-state index contributed by atoms with van der Waals surface area (Å²) in [6.45, 7) is 13.5. The van der Waals surface area contributed by atoms with Crippen LogP contribution in [0, 0.1) is 20.0 Å². The molecule has 11 heavy (non-hydrogen) atoms. The predicted molar refractivity (Wildman–Crippen MR) is 30.1 cm³/mol. The van der Waals surface area contributed by atoms with Gasteiger partial charge in [0, 0.05) is 17.1 Å². The van der Waals surface area contributed by atoms with Gasteiger partial charge in [0.15, 0.2) is 0 Å². The standard InChI is InChI=1S/C4H4.3CO.Fe/c1-2-4-3-1;3*1-2;/h1-4H;;;;/i1D,2D;;;;. The molecule has 4 heteroatoms. The normalized spacial score (nSPS) is 10.7. The van der Waals surface area contributed by atoms with Crippen molar-refractivity contribution in [2.24, 2.45) is 0 Å². The Balaban J connectivity index is -0.0000000508. The molecule has 0 aromatic heterocycles. The SMILES string of the molecule is [2H]C1=C([2H])C=C1.[C-]#[O+].[C-]#[O+].[C-]#[O+].[Fe]. The number of hydrogen-bond acceptors (Lipinski definition) is 0. The first-order chi connectivity index (χ1) is 5.80. The molecule has 0 aromatic rings. The second-order valence-corrected chi connectivity index (χ2v) is 0.622. The maximum atomic E-state index is 7.50. The van der Waals surface area contributed by atoms with Gasteiger partial charge in [-0.1, -0.05) is 24.3 Å². The minimum atomic E-state index is 0. The molecule has 1 aliphatic rings. The predicted octanol–water partition coefficient (Wildman–Crippen LogP) is 0.997. The fourth-order valence-corrected chi connectivity index (χ4v) is 0.0833. The third kappa shape index (κ3) is 46.4. The Labute approximate surface area is 78.6 Å². The van der Waals surface area contributed by atoms with Crippen molar-refractivity contribution in [1.82, 2.24) is 0 Å². The van der Waals surface area contributed by atoms with Crippen LogP contribution in [0.3, 0.4) is 0 Å². The molecule has 0 atom stereocenters. The summed E-state index contributed by atoms with van der Waals surface area (Å²) in [4.78, 5) is 0. The summed E-state index contributed by atoms with van der Waals surface area (Å²) in [5, 5.41) is 0. The van der Waals surface area contributed by atoms with E-state index in [2.05, 4.69) is 20.0 Å². The van der Waals surface area contributed by atoms with Crippen LogP contribution in [0.25, 0.3) is 0 Å². The number of allylic oxidation sites excluding steroid dienone is 4. The summed E-state index contributed by atoms with van der Waals surface area (Å²) in [6.07, 6.45) is 3.20. The molecule has 0 radical (unpaired) electrons. The van der Waals surface area contributed by atoms with Gasteiger partial charge in [-0.25, -0.2) is 0 Å². The molecule has 1 rings (SSSR count). The summed E-state index contributed by atoms with van der Waals surface area (Å²) < 4.78 is 35.9. The summed E-state index contributed by atoms with van der Waals surface area (Å²) in [5.41, 5.74) is 0. The van der Waals surface area contributed by atoms with Crippen molar-refractivity contribution in [3.8, 4) is 0 Å². The van der Waals surface area contributed by atoms with Crippen LogP contribution in [-0.4, -0.2) is 0 Å². The average molecular weight is 194 g/mol. The van der Waals surface area contributed by atoms with Gasteiger partial charge in [-0.15, -0.1) is 0 Å². The zero-order chi connectivity index (χ0) is 10.6. The van der Waals surface area contributed by atoms with Crippen LogP contribution in [-0.2, 0) is 31.0 Å². The van der Waals surface area contributed by atoms with Crippen LogP contribution >= 0.6 is 0 Å². The van der Waals surface area contributed by atoms with E-state index in [0.717, 1.165) is 0 Å². The maximum absolute atomic E-state index is 7.50. The van der Waals surface area contributed by atoms with Gasteiger partial charge in [0.2, 0.25) is 0 Å². The van der Waals surface area contributed by atoms with Gasteiger partial charge in [-0.3, -0.25) is 0 Å². The van der Waals surface area contributed by atoms with Crippen molar-refractivity contribution < 1.29 is 33.8 Å². The Morgan fingerprint density at radius 1 is 0.818 bits per heavy atom. The second-order valence-electron chi connectivity index (χ2n) is 0.622. The molecular formula is C7H4FeO3. The van der Waals surface area contributed by atoms with Crippen molar-refractivity contribution in [3.05, 3.63) is 44.2 Å². The molecule has 3 nitrogen and oxygen atoms in total. The molecule has 0 unspecified atom stereocenters. The minimum Gasteiger partial charge on any atom is 0 e. The van der Waals surface area contributed by atoms with E-state index in [9.17, 15) is 0 Å². The van der Waals surface area contributed by atoms with Gasteiger partial charge in [0.25, 0.3) is 0 Å². The largest absolute Gasteiger partial charge is 0 e. The van der Waals surface area contributed by atoms with E-state index in [1.54, 1.807) is 12.2 Å². The van der Waals surface area contributed by atoms with E-state index < -0.39 is 0 Å². The molecular weight excluding hydrogens is 188 g/mol. The molecule has 0 fully saturated rings. The second kappa shape index (κ2) is 60.1. The van der Waals surface area contributed by atoms with Crippen LogP contribution in [0.5, 0.6) is 0 Å². The van der Waals surface area contributed by atoms with E-state index in [4.69, 9.17) is 16.7 Å². The molecule has 0 N–H and O–H groups in total. The van der Waals surface area contributed by atoms with Gasteiger partial charge in [-0.05, 0) is 0 Å². The van der Waals surface area contributed by atoms with Crippen molar-refractivity contribution in [3.63, 3.8) is 0 Å². The molecule has 0 bridgehead atoms. The molecule has 0 saturated carbocycles. The minimum absolute atomic E-state index is 0. The van der Waals surface area contributed by atoms with Gasteiger partial charge in [-0.2, -0.15) is 0 Å². The first-order valence-electron chi connectivity index (χ1n) is 2.77. The van der Waals surface area contributed by atoms with Gasteiger partial charge >= 0.3 is 33.9 Å². The van der Waals surface area contributed by atoms with Crippen molar-refractivity contribution >= 4 is 0 Å². The summed E-state index contributed by atoms with van der Waals surface area (Å²) in [7, 11) is 0. The summed E-state index contributed by atoms with van der Waals surface area (Å²) in [5.74, 6) is 0. The van der Waals surface area contributed by atoms with E-state index >= 15 is 0 Å². The van der Waals surface area contributed by atoms with Crippen LogP contribution in [0.2, 0.25) is 0 Å². The fourth-order valence-electron chi connectivity index (χ4n) is 0.0833. The Kier molecular flexibility index (Phi) is 70.2. The third-order valence-corrected chi connectivity index (χ3v) is 0.333. The van der Waals surface area contributed by atoms with Crippen LogP contribution < -0.4 is 0 Å².